The van der Waals surface area contributed by atoms with E-state index in [9.17, 15) is 4.79 Å². The summed E-state index contributed by atoms with van der Waals surface area (Å²) in [6.07, 6.45) is 1.83. The van der Waals surface area contributed by atoms with E-state index in [0.717, 1.165) is 22.4 Å². The maximum Gasteiger partial charge on any atom is 0.266 e. The number of carbonyl (C=O) groups is 1. The lowest BCUT2D eigenvalue weighted by molar-refractivity contribution is -0.122. The monoisotopic (exact) mass is 477 g/mol. The van der Waals surface area contributed by atoms with Gasteiger partial charge in [-0.15, -0.1) is 0 Å². The fourth-order valence-electron chi connectivity index (χ4n) is 3.33. The van der Waals surface area contributed by atoms with Crippen molar-refractivity contribution in [3.63, 3.8) is 0 Å². The highest BCUT2D eigenvalue weighted by Gasteiger charge is 2.32. The third-order valence-corrected chi connectivity index (χ3v) is 6.47. The van der Waals surface area contributed by atoms with Crippen LogP contribution >= 0.6 is 24.0 Å². The molecule has 1 amide bonds. The van der Waals surface area contributed by atoms with Crippen LogP contribution in [0.25, 0.3) is 6.08 Å². The first-order valence-electron chi connectivity index (χ1n) is 10.3. The molecule has 1 aliphatic heterocycles. The van der Waals surface area contributed by atoms with E-state index in [2.05, 4.69) is 0 Å². The van der Waals surface area contributed by atoms with Crippen molar-refractivity contribution in [1.82, 2.24) is 4.90 Å². The zero-order valence-corrected chi connectivity index (χ0v) is 19.9. The molecule has 0 aromatic heterocycles. The van der Waals surface area contributed by atoms with Gasteiger partial charge in [0.1, 0.15) is 16.7 Å². The summed E-state index contributed by atoms with van der Waals surface area (Å²) in [5.74, 6) is 1.91. The number of thiocarbonyl (C=S) groups is 1. The number of benzene rings is 3. The molecule has 0 radical (unpaired) electrons. The molecule has 1 saturated heterocycles. The minimum atomic E-state index is -0.107. The molecule has 4 rings (SSSR count). The Bertz CT molecular complexity index is 1180. The topological polar surface area (TPSA) is 48.0 Å². The molecule has 0 spiro atoms. The maximum absolute atomic E-state index is 13.0. The van der Waals surface area contributed by atoms with Crippen LogP contribution in [0.4, 0.5) is 0 Å². The van der Waals surface area contributed by atoms with Crippen LogP contribution in [0.1, 0.15) is 16.7 Å². The molecule has 1 fully saturated rings. The van der Waals surface area contributed by atoms with Crippen molar-refractivity contribution < 1.29 is 19.0 Å². The fraction of sp³-hybridized carbons (Fsp3) is 0.154. The Morgan fingerprint density at radius 3 is 2.36 bits per heavy atom. The van der Waals surface area contributed by atoms with Gasteiger partial charge in [-0.2, -0.15) is 0 Å². The fourth-order valence-corrected chi connectivity index (χ4v) is 4.58. The molecule has 33 heavy (non-hydrogen) atoms. The van der Waals surface area contributed by atoms with Crippen molar-refractivity contribution in [2.75, 3.05) is 14.2 Å². The highest BCUT2D eigenvalue weighted by molar-refractivity contribution is 8.26. The number of hydrogen-bond acceptors (Lipinski definition) is 6. The molecule has 3 aromatic carbocycles. The molecule has 0 saturated carbocycles. The number of hydrogen-bond donors (Lipinski definition) is 0. The summed E-state index contributed by atoms with van der Waals surface area (Å²) in [6, 6.07) is 23.2. The first kappa shape index (κ1) is 22.9. The van der Waals surface area contributed by atoms with E-state index >= 15 is 0 Å². The van der Waals surface area contributed by atoms with Crippen LogP contribution in [0, 0.1) is 0 Å². The third-order valence-electron chi connectivity index (χ3n) is 5.10. The van der Waals surface area contributed by atoms with Gasteiger partial charge in [-0.3, -0.25) is 9.69 Å². The molecule has 0 N–H and O–H groups in total. The Morgan fingerprint density at radius 2 is 1.67 bits per heavy atom. The number of amides is 1. The van der Waals surface area contributed by atoms with E-state index in [1.165, 1.54) is 11.8 Å². The number of ether oxygens (including phenoxy) is 3. The van der Waals surface area contributed by atoms with Crippen LogP contribution in [-0.2, 0) is 17.9 Å². The van der Waals surface area contributed by atoms with Crippen LogP contribution in [0.15, 0.2) is 77.7 Å². The van der Waals surface area contributed by atoms with E-state index in [1.807, 2.05) is 78.9 Å². The number of thioether (sulfide) groups is 1. The number of methoxy groups -OCH3 is 2. The quantitative estimate of drug-likeness (QED) is 0.307. The molecule has 0 atom stereocenters. The lowest BCUT2D eigenvalue weighted by atomic mass is 10.1. The molecule has 1 heterocycles. The van der Waals surface area contributed by atoms with Gasteiger partial charge in [-0.25, -0.2) is 0 Å². The standard InChI is InChI=1S/C26H23NO4S2/c1-29-21-11-8-18(9-12-21)16-27-25(28)24(33-26(27)32)15-20-10-13-22(23(14-20)30-2)31-17-19-6-4-3-5-7-19/h3-15H,16-17H2,1-2H3/b24-15-. The van der Waals surface area contributed by atoms with E-state index in [0.29, 0.717) is 33.9 Å². The predicted molar refractivity (Wildman–Crippen MR) is 135 cm³/mol. The SMILES string of the molecule is COc1ccc(CN2C(=O)/C(=C/c3ccc(OCc4ccccc4)c(OC)c3)SC2=S)cc1. The Labute approximate surface area is 203 Å². The Balaban J connectivity index is 1.47. The van der Waals surface area contributed by atoms with Gasteiger partial charge in [0, 0.05) is 0 Å². The van der Waals surface area contributed by atoms with Crippen LogP contribution in [0.5, 0.6) is 17.2 Å². The maximum atomic E-state index is 13.0. The average molecular weight is 478 g/mol. The first-order chi connectivity index (χ1) is 16.1. The molecule has 0 aliphatic carbocycles. The lowest BCUT2D eigenvalue weighted by Crippen LogP contribution is -2.27. The second-order valence-electron chi connectivity index (χ2n) is 7.30. The Kier molecular flexibility index (Phi) is 7.32. The van der Waals surface area contributed by atoms with Gasteiger partial charge in [-0.05, 0) is 47.0 Å². The van der Waals surface area contributed by atoms with Crippen LogP contribution < -0.4 is 14.2 Å². The summed E-state index contributed by atoms with van der Waals surface area (Å²) < 4.78 is 17.2. The molecule has 1 aliphatic rings. The molecular weight excluding hydrogens is 454 g/mol. The Morgan fingerprint density at radius 1 is 0.909 bits per heavy atom. The molecule has 0 bridgehead atoms. The van der Waals surface area contributed by atoms with E-state index in [-0.39, 0.29) is 5.91 Å². The molecule has 7 heteroatoms. The van der Waals surface area contributed by atoms with Crippen LogP contribution in [-0.4, -0.2) is 29.3 Å². The average Bonchev–Trinajstić information content (AvgIpc) is 3.11. The van der Waals surface area contributed by atoms with Gasteiger partial charge >= 0.3 is 0 Å². The van der Waals surface area contributed by atoms with Crippen molar-refractivity contribution in [2.24, 2.45) is 0 Å². The second kappa shape index (κ2) is 10.6. The summed E-state index contributed by atoms with van der Waals surface area (Å²) in [7, 11) is 3.22. The van der Waals surface area contributed by atoms with E-state index in [4.69, 9.17) is 26.4 Å². The van der Waals surface area contributed by atoms with Crippen molar-refractivity contribution in [1.29, 1.82) is 0 Å². The van der Waals surface area contributed by atoms with Crippen molar-refractivity contribution in [3.05, 3.63) is 94.4 Å². The minimum Gasteiger partial charge on any atom is -0.497 e. The summed E-state index contributed by atoms with van der Waals surface area (Å²) >= 11 is 6.77. The van der Waals surface area contributed by atoms with Crippen molar-refractivity contribution >= 4 is 40.3 Å². The van der Waals surface area contributed by atoms with Gasteiger partial charge in [0.15, 0.2) is 11.5 Å². The van der Waals surface area contributed by atoms with E-state index in [1.54, 1.807) is 19.1 Å². The van der Waals surface area contributed by atoms with Gasteiger partial charge < -0.3 is 14.2 Å². The van der Waals surface area contributed by atoms with Gasteiger partial charge in [0.05, 0.1) is 25.7 Å². The summed E-state index contributed by atoms with van der Waals surface area (Å²) in [6.45, 7) is 0.863. The van der Waals surface area contributed by atoms with Gasteiger partial charge in [-0.1, -0.05) is 72.5 Å². The van der Waals surface area contributed by atoms with Gasteiger partial charge in [0.25, 0.3) is 5.91 Å². The zero-order chi connectivity index (χ0) is 23.2. The van der Waals surface area contributed by atoms with Crippen molar-refractivity contribution in [3.8, 4) is 17.2 Å². The lowest BCUT2D eigenvalue weighted by Gasteiger charge is -2.14. The molecular formula is C26H23NO4S2. The highest BCUT2D eigenvalue weighted by atomic mass is 32.2. The normalized spacial score (nSPS) is 14.6. The van der Waals surface area contributed by atoms with Gasteiger partial charge in [0.2, 0.25) is 0 Å². The van der Waals surface area contributed by atoms with E-state index < -0.39 is 0 Å². The third kappa shape index (κ3) is 5.56. The van der Waals surface area contributed by atoms with Crippen molar-refractivity contribution in [2.45, 2.75) is 13.2 Å². The molecule has 168 valence electrons. The minimum absolute atomic E-state index is 0.107. The molecule has 5 nitrogen and oxygen atoms in total. The summed E-state index contributed by atoms with van der Waals surface area (Å²) in [5.41, 5.74) is 2.89. The second-order valence-corrected chi connectivity index (χ2v) is 8.98. The molecule has 0 unspecified atom stereocenters. The smallest absolute Gasteiger partial charge is 0.266 e. The van der Waals surface area contributed by atoms with Crippen LogP contribution in [0.2, 0.25) is 0 Å². The summed E-state index contributed by atoms with van der Waals surface area (Å²) in [5, 5.41) is 0. The Hall–Kier alpha value is -3.29. The number of rotatable bonds is 8. The predicted octanol–water partition coefficient (Wildman–Crippen LogP) is 5.68. The van der Waals surface area contributed by atoms with Crippen LogP contribution in [0.3, 0.4) is 0 Å². The number of carbonyl (C=O) groups excluding carboxylic acids is 1. The first-order valence-corrected chi connectivity index (χ1v) is 11.5. The largest absolute Gasteiger partial charge is 0.497 e. The zero-order valence-electron chi connectivity index (χ0n) is 18.3. The number of nitrogens with zero attached hydrogens (tertiary/aromatic N) is 1. The summed E-state index contributed by atoms with van der Waals surface area (Å²) in [4.78, 5) is 15.2. The highest BCUT2D eigenvalue weighted by Crippen LogP contribution is 2.35. The molecule has 3 aromatic rings.